The molecule has 1 aromatic rings. The third kappa shape index (κ3) is 4.15. The van der Waals surface area contributed by atoms with Crippen LogP contribution >= 0.6 is 0 Å². The fourth-order valence-electron chi connectivity index (χ4n) is 2.82. The average molecular weight is 354 g/mol. The maximum atomic E-state index is 12.5. The number of hydrogen-bond acceptors (Lipinski definition) is 4. The van der Waals surface area contributed by atoms with E-state index in [4.69, 9.17) is 4.74 Å². The summed E-state index contributed by atoms with van der Waals surface area (Å²) in [6, 6.07) is 6.48. The molecule has 1 amide bonds. The molecule has 0 aromatic heterocycles. The van der Waals surface area contributed by atoms with E-state index in [-0.39, 0.29) is 22.9 Å². The number of benzene rings is 1. The Morgan fingerprint density at radius 3 is 2.42 bits per heavy atom. The van der Waals surface area contributed by atoms with E-state index in [0.717, 1.165) is 18.4 Å². The Kier molecular flexibility index (Phi) is 6.37. The molecule has 134 valence electrons. The van der Waals surface area contributed by atoms with Crippen LogP contribution < -0.4 is 5.32 Å². The van der Waals surface area contributed by atoms with Crippen molar-refractivity contribution in [1.29, 1.82) is 0 Å². The molecule has 1 aromatic carbocycles. The van der Waals surface area contributed by atoms with Crippen molar-refractivity contribution in [3.8, 4) is 0 Å². The summed E-state index contributed by atoms with van der Waals surface area (Å²) in [5.41, 5.74) is 0.861. The van der Waals surface area contributed by atoms with E-state index >= 15 is 0 Å². The molecule has 0 aliphatic carbocycles. The molecule has 1 aliphatic rings. The van der Waals surface area contributed by atoms with Crippen molar-refractivity contribution in [2.75, 3.05) is 19.7 Å². The molecule has 7 heteroatoms. The van der Waals surface area contributed by atoms with E-state index in [0.29, 0.717) is 19.7 Å². The molecule has 6 nitrogen and oxygen atoms in total. The molecule has 0 radical (unpaired) electrons. The van der Waals surface area contributed by atoms with Crippen LogP contribution in [0.5, 0.6) is 0 Å². The molecule has 1 saturated heterocycles. The smallest absolute Gasteiger partial charge is 0.249 e. The number of rotatable bonds is 7. The molecule has 1 fully saturated rings. The molecule has 0 spiro atoms. The van der Waals surface area contributed by atoms with E-state index in [1.807, 2.05) is 20.8 Å². The molecule has 0 saturated carbocycles. The number of carbonyl (C=O) groups is 1. The molecule has 2 atom stereocenters. The van der Waals surface area contributed by atoms with E-state index in [1.54, 1.807) is 24.3 Å². The van der Waals surface area contributed by atoms with Crippen molar-refractivity contribution in [1.82, 2.24) is 9.62 Å². The van der Waals surface area contributed by atoms with Crippen molar-refractivity contribution in [2.45, 2.75) is 50.7 Å². The predicted octanol–water partition coefficient (Wildman–Crippen LogP) is 2.07. The second-order valence-corrected chi connectivity index (χ2v) is 7.83. The fraction of sp³-hybridized carbons (Fsp3) is 0.588. The average Bonchev–Trinajstić information content (AvgIpc) is 3.10. The third-order valence-corrected chi connectivity index (χ3v) is 6.37. The lowest BCUT2D eigenvalue weighted by atomic mass is 10.1. The van der Waals surface area contributed by atoms with Gasteiger partial charge in [-0.2, -0.15) is 4.31 Å². The van der Waals surface area contributed by atoms with Crippen LogP contribution in [0.15, 0.2) is 29.2 Å². The van der Waals surface area contributed by atoms with Gasteiger partial charge >= 0.3 is 0 Å². The maximum absolute atomic E-state index is 12.5. The van der Waals surface area contributed by atoms with Crippen molar-refractivity contribution in [2.24, 2.45) is 0 Å². The van der Waals surface area contributed by atoms with Crippen molar-refractivity contribution in [3.63, 3.8) is 0 Å². The van der Waals surface area contributed by atoms with Crippen LogP contribution in [0, 0.1) is 0 Å². The molecular formula is C17H26N2O4S. The Morgan fingerprint density at radius 2 is 1.92 bits per heavy atom. The van der Waals surface area contributed by atoms with Crippen molar-refractivity contribution in [3.05, 3.63) is 29.8 Å². The first-order valence-corrected chi connectivity index (χ1v) is 9.86. The largest absolute Gasteiger partial charge is 0.368 e. The van der Waals surface area contributed by atoms with Crippen molar-refractivity contribution >= 4 is 15.9 Å². The summed E-state index contributed by atoms with van der Waals surface area (Å²) in [5, 5.41) is 2.92. The van der Waals surface area contributed by atoms with Crippen LogP contribution in [0.25, 0.3) is 0 Å². The summed E-state index contributed by atoms with van der Waals surface area (Å²) in [7, 11) is -3.45. The first-order valence-electron chi connectivity index (χ1n) is 8.42. The van der Waals surface area contributed by atoms with Gasteiger partial charge in [0.2, 0.25) is 15.9 Å². The monoisotopic (exact) mass is 354 g/mol. The van der Waals surface area contributed by atoms with E-state index < -0.39 is 10.0 Å². The summed E-state index contributed by atoms with van der Waals surface area (Å²) >= 11 is 0. The Labute approximate surface area is 144 Å². The van der Waals surface area contributed by atoms with E-state index in [2.05, 4.69) is 5.32 Å². The number of sulfonamides is 1. The van der Waals surface area contributed by atoms with Crippen LogP contribution in [0.1, 0.15) is 45.2 Å². The van der Waals surface area contributed by atoms with Gasteiger partial charge in [0.05, 0.1) is 10.9 Å². The standard InChI is InChI=1S/C17H26N2O4S/c1-4-19(5-2)24(21,22)15-10-8-14(9-11-15)13(3)18-17(20)16-7-6-12-23-16/h8-11,13,16H,4-7,12H2,1-3H3,(H,18,20). The summed E-state index contributed by atoms with van der Waals surface area (Å²) in [6.45, 7) is 7.02. The Balaban J connectivity index is 2.07. The zero-order chi connectivity index (χ0) is 17.7. The number of carbonyl (C=O) groups excluding carboxylic acids is 1. The highest BCUT2D eigenvalue weighted by Crippen LogP contribution is 2.20. The van der Waals surface area contributed by atoms with E-state index in [1.165, 1.54) is 4.31 Å². The summed E-state index contributed by atoms with van der Waals surface area (Å²) < 4.78 is 31.7. The number of hydrogen-bond donors (Lipinski definition) is 1. The second-order valence-electron chi connectivity index (χ2n) is 5.89. The Hall–Kier alpha value is -1.44. The molecular weight excluding hydrogens is 328 g/mol. The first-order chi connectivity index (χ1) is 11.4. The minimum Gasteiger partial charge on any atom is -0.368 e. The third-order valence-electron chi connectivity index (χ3n) is 4.30. The molecule has 24 heavy (non-hydrogen) atoms. The van der Waals surface area contributed by atoms with Gasteiger partial charge in [0.1, 0.15) is 6.10 Å². The highest BCUT2D eigenvalue weighted by molar-refractivity contribution is 7.89. The number of amides is 1. The van der Waals surface area contributed by atoms with Gasteiger partial charge in [-0.3, -0.25) is 4.79 Å². The van der Waals surface area contributed by atoms with Gasteiger partial charge in [0, 0.05) is 19.7 Å². The topological polar surface area (TPSA) is 75.7 Å². The summed E-state index contributed by atoms with van der Waals surface area (Å²) in [4.78, 5) is 12.4. The SMILES string of the molecule is CCN(CC)S(=O)(=O)c1ccc(C(C)NC(=O)C2CCCO2)cc1. The normalized spacial score (nSPS) is 19.4. The Bertz CT molecular complexity index is 648. The van der Waals surface area contributed by atoms with Crippen molar-refractivity contribution < 1.29 is 17.9 Å². The summed E-state index contributed by atoms with van der Waals surface area (Å²) in [5.74, 6) is -0.111. The quantitative estimate of drug-likeness (QED) is 0.813. The molecule has 1 N–H and O–H groups in total. The first kappa shape index (κ1) is 18.9. The molecule has 1 heterocycles. The maximum Gasteiger partial charge on any atom is 0.249 e. The van der Waals surface area contributed by atoms with Crippen LogP contribution in [-0.4, -0.2) is 44.4 Å². The number of nitrogens with zero attached hydrogens (tertiary/aromatic N) is 1. The molecule has 2 rings (SSSR count). The van der Waals surface area contributed by atoms with Gasteiger partial charge in [-0.15, -0.1) is 0 Å². The van der Waals surface area contributed by atoms with Gasteiger partial charge in [-0.1, -0.05) is 26.0 Å². The fourth-order valence-corrected chi connectivity index (χ4v) is 4.27. The Morgan fingerprint density at radius 1 is 1.29 bits per heavy atom. The molecule has 0 bridgehead atoms. The highest BCUT2D eigenvalue weighted by Gasteiger charge is 2.25. The van der Waals surface area contributed by atoms with E-state index in [9.17, 15) is 13.2 Å². The zero-order valence-corrected chi connectivity index (χ0v) is 15.3. The zero-order valence-electron chi connectivity index (χ0n) is 14.5. The van der Waals surface area contributed by atoms with Crippen LogP contribution in [0.2, 0.25) is 0 Å². The lowest BCUT2D eigenvalue weighted by Crippen LogP contribution is -2.35. The van der Waals surface area contributed by atoms with Crippen LogP contribution in [0.4, 0.5) is 0 Å². The summed E-state index contributed by atoms with van der Waals surface area (Å²) in [6.07, 6.45) is 1.29. The van der Waals surface area contributed by atoms with Crippen LogP contribution in [0.3, 0.4) is 0 Å². The van der Waals surface area contributed by atoms with Crippen LogP contribution in [-0.2, 0) is 19.6 Å². The minimum atomic E-state index is -3.45. The molecule has 1 aliphatic heterocycles. The van der Waals surface area contributed by atoms with Gasteiger partial charge in [0.15, 0.2) is 0 Å². The lowest BCUT2D eigenvalue weighted by molar-refractivity contribution is -0.130. The lowest BCUT2D eigenvalue weighted by Gasteiger charge is -2.20. The minimum absolute atomic E-state index is 0.111. The van der Waals surface area contributed by atoms with Gasteiger partial charge < -0.3 is 10.1 Å². The van der Waals surface area contributed by atoms with Gasteiger partial charge in [-0.25, -0.2) is 8.42 Å². The predicted molar refractivity (Wildman–Crippen MR) is 92.1 cm³/mol. The number of ether oxygens (including phenoxy) is 1. The molecule has 2 unspecified atom stereocenters. The van der Waals surface area contributed by atoms with Gasteiger partial charge in [-0.05, 0) is 37.5 Å². The van der Waals surface area contributed by atoms with Gasteiger partial charge in [0.25, 0.3) is 0 Å². The highest BCUT2D eigenvalue weighted by atomic mass is 32.2. The number of nitrogens with one attached hydrogen (secondary N) is 1. The second kappa shape index (κ2) is 8.09.